The van der Waals surface area contributed by atoms with E-state index >= 15 is 0 Å². The molecule has 0 unspecified atom stereocenters. The Morgan fingerprint density at radius 2 is 1.64 bits per heavy atom. The number of nitriles is 1. The normalized spacial score (nSPS) is 10.0. The van der Waals surface area contributed by atoms with Crippen molar-refractivity contribution < 1.29 is 9.59 Å². The zero-order valence-corrected chi connectivity index (χ0v) is 15.6. The third kappa shape index (κ3) is 4.53. The van der Waals surface area contributed by atoms with Crippen LogP contribution in [0.3, 0.4) is 0 Å². The Balaban J connectivity index is 1.73. The van der Waals surface area contributed by atoms with E-state index in [9.17, 15) is 9.59 Å². The van der Waals surface area contributed by atoms with Gasteiger partial charge in [-0.3, -0.25) is 14.6 Å². The summed E-state index contributed by atoms with van der Waals surface area (Å²) in [5.74, 6) is -0.840. The molecule has 7 heteroatoms. The minimum Gasteiger partial charge on any atom is -0.322 e. The van der Waals surface area contributed by atoms with Crippen LogP contribution in [0.2, 0.25) is 5.02 Å². The molecular formula is C21H15ClN4O2. The average Bonchev–Trinajstić information content (AvgIpc) is 2.71. The van der Waals surface area contributed by atoms with Gasteiger partial charge in [0.1, 0.15) is 5.69 Å². The summed E-state index contributed by atoms with van der Waals surface area (Å²) in [6.07, 6.45) is 1.39. The van der Waals surface area contributed by atoms with Crippen LogP contribution in [0.1, 0.15) is 32.0 Å². The fourth-order valence-corrected chi connectivity index (χ4v) is 2.57. The van der Waals surface area contributed by atoms with Crippen LogP contribution < -0.4 is 10.6 Å². The standard InChI is InChI=1S/C21H15ClN4O2/c1-13-2-5-17(11-18(13)22)26-21(28)19-10-15(8-9-24-19)20(27)25-16-6-3-14(12-23)4-7-16/h2-11H,1H3,(H,25,27)(H,26,28). The van der Waals surface area contributed by atoms with Crippen LogP contribution >= 0.6 is 11.6 Å². The van der Waals surface area contributed by atoms with E-state index in [1.54, 1.807) is 42.5 Å². The van der Waals surface area contributed by atoms with Gasteiger partial charge in [-0.15, -0.1) is 0 Å². The van der Waals surface area contributed by atoms with Gasteiger partial charge >= 0.3 is 0 Å². The molecule has 3 rings (SSSR count). The second kappa shape index (κ2) is 8.33. The van der Waals surface area contributed by atoms with Crippen molar-refractivity contribution in [1.29, 1.82) is 5.26 Å². The number of nitrogens with zero attached hydrogens (tertiary/aromatic N) is 2. The number of carbonyl (C=O) groups excluding carboxylic acids is 2. The molecule has 0 atom stereocenters. The van der Waals surface area contributed by atoms with Crippen molar-refractivity contribution in [2.75, 3.05) is 10.6 Å². The van der Waals surface area contributed by atoms with Gasteiger partial charge in [-0.25, -0.2) is 0 Å². The molecule has 0 bridgehead atoms. The molecule has 28 heavy (non-hydrogen) atoms. The number of halogens is 1. The number of hydrogen-bond donors (Lipinski definition) is 2. The summed E-state index contributed by atoms with van der Waals surface area (Å²) >= 11 is 6.07. The van der Waals surface area contributed by atoms with Gasteiger partial charge in [0.15, 0.2) is 0 Å². The second-order valence-electron chi connectivity index (χ2n) is 5.99. The van der Waals surface area contributed by atoms with Gasteiger partial charge in [0.25, 0.3) is 11.8 Å². The van der Waals surface area contributed by atoms with E-state index in [0.717, 1.165) is 5.56 Å². The highest BCUT2D eigenvalue weighted by molar-refractivity contribution is 6.31. The third-order valence-electron chi connectivity index (χ3n) is 3.96. The van der Waals surface area contributed by atoms with E-state index < -0.39 is 5.91 Å². The van der Waals surface area contributed by atoms with Crippen LogP contribution in [0.25, 0.3) is 0 Å². The van der Waals surface area contributed by atoms with Crippen LogP contribution in [0.4, 0.5) is 11.4 Å². The van der Waals surface area contributed by atoms with Crippen molar-refractivity contribution in [3.63, 3.8) is 0 Å². The van der Waals surface area contributed by atoms with E-state index in [2.05, 4.69) is 15.6 Å². The Hall–Kier alpha value is -3.69. The van der Waals surface area contributed by atoms with Crippen molar-refractivity contribution in [2.45, 2.75) is 6.92 Å². The molecule has 0 fully saturated rings. The molecule has 3 aromatic rings. The van der Waals surface area contributed by atoms with Gasteiger partial charge in [-0.2, -0.15) is 5.26 Å². The monoisotopic (exact) mass is 390 g/mol. The predicted molar refractivity (Wildman–Crippen MR) is 107 cm³/mol. The summed E-state index contributed by atoms with van der Waals surface area (Å²) in [5, 5.41) is 14.8. The number of nitrogens with one attached hydrogen (secondary N) is 2. The molecule has 0 aliphatic heterocycles. The van der Waals surface area contributed by atoms with Crippen LogP contribution in [0.5, 0.6) is 0 Å². The number of aryl methyl sites for hydroxylation is 1. The highest BCUT2D eigenvalue weighted by Gasteiger charge is 2.13. The maximum absolute atomic E-state index is 12.4. The van der Waals surface area contributed by atoms with Crippen LogP contribution in [0, 0.1) is 18.3 Å². The number of rotatable bonds is 4. The highest BCUT2D eigenvalue weighted by atomic mass is 35.5. The lowest BCUT2D eigenvalue weighted by molar-refractivity contribution is 0.102. The highest BCUT2D eigenvalue weighted by Crippen LogP contribution is 2.20. The van der Waals surface area contributed by atoms with Gasteiger partial charge in [-0.05, 0) is 61.0 Å². The Kier molecular flexibility index (Phi) is 5.68. The molecule has 0 saturated heterocycles. The first-order valence-electron chi connectivity index (χ1n) is 8.31. The fraction of sp³-hybridized carbons (Fsp3) is 0.0476. The first-order valence-corrected chi connectivity index (χ1v) is 8.69. The summed E-state index contributed by atoms with van der Waals surface area (Å²) in [5.41, 5.74) is 2.86. The molecule has 2 amide bonds. The van der Waals surface area contributed by atoms with Crippen molar-refractivity contribution in [3.05, 3.63) is 88.2 Å². The van der Waals surface area contributed by atoms with Crippen molar-refractivity contribution in [3.8, 4) is 6.07 Å². The van der Waals surface area contributed by atoms with E-state index in [-0.39, 0.29) is 17.2 Å². The number of pyridine rings is 1. The lowest BCUT2D eigenvalue weighted by Gasteiger charge is -2.08. The lowest BCUT2D eigenvalue weighted by Crippen LogP contribution is -2.17. The van der Waals surface area contributed by atoms with Gasteiger partial charge in [0, 0.05) is 28.2 Å². The summed E-state index contributed by atoms with van der Waals surface area (Å²) in [6, 6.07) is 16.6. The maximum atomic E-state index is 12.4. The Morgan fingerprint density at radius 1 is 0.964 bits per heavy atom. The molecule has 2 N–H and O–H groups in total. The molecule has 1 heterocycles. The van der Waals surface area contributed by atoms with Gasteiger partial charge < -0.3 is 10.6 Å². The summed E-state index contributed by atoms with van der Waals surface area (Å²) in [4.78, 5) is 28.9. The number of aromatic nitrogens is 1. The Bertz CT molecular complexity index is 1090. The Morgan fingerprint density at radius 3 is 2.32 bits per heavy atom. The lowest BCUT2D eigenvalue weighted by atomic mass is 10.2. The van der Waals surface area contributed by atoms with Crippen molar-refractivity contribution >= 4 is 34.8 Å². The smallest absolute Gasteiger partial charge is 0.274 e. The van der Waals surface area contributed by atoms with Crippen molar-refractivity contribution in [1.82, 2.24) is 4.98 Å². The summed E-state index contributed by atoms with van der Waals surface area (Å²) in [7, 11) is 0. The predicted octanol–water partition coefficient (Wildman–Crippen LogP) is 4.42. The molecule has 2 aromatic carbocycles. The second-order valence-corrected chi connectivity index (χ2v) is 6.40. The molecule has 0 aliphatic carbocycles. The van der Waals surface area contributed by atoms with Crippen LogP contribution in [-0.2, 0) is 0 Å². The van der Waals surface area contributed by atoms with E-state index in [4.69, 9.17) is 16.9 Å². The maximum Gasteiger partial charge on any atom is 0.274 e. The fourth-order valence-electron chi connectivity index (χ4n) is 2.39. The number of carbonyl (C=O) groups is 2. The molecule has 1 aromatic heterocycles. The van der Waals surface area contributed by atoms with Gasteiger partial charge in [0.05, 0.1) is 11.6 Å². The molecule has 0 aliphatic rings. The minimum atomic E-state index is -0.451. The molecular weight excluding hydrogens is 376 g/mol. The molecule has 6 nitrogen and oxygen atoms in total. The third-order valence-corrected chi connectivity index (χ3v) is 4.36. The SMILES string of the molecule is Cc1ccc(NC(=O)c2cc(C(=O)Nc3ccc(C#N)cc3)ccn2)cc1Cl. The zero-order chi connectivity index (χ0) is 20.1. The number of benzene rings is 2. The largest absolute Gasteiger partial charge is 0.322 e. The molecule has 0 saturated carbocycles. The minimum absolute atomic E-state index is 0.101. The quantitative estimate of drug-likeness (QED) is 0.689. The van der Waals surface area contributed by atoms with Crippen LogP contribution in [-0.4, -0.2) is 16.8 Å². The zero-order valence-electron chi connectivity index (χ0n) is 14.9. The van der Waals surface area contributed by atoms with Gasteiger partial charge in [-0.1, -0.05) is 17.7 Å². The molecule has 0 radical (unpaired) electrons. The first kappa shape index (κ1) is 19.1. The Labute approximate surface area is 166 Å². The average molecular weight is 391 g/mol. The summed E-state index contributed by atoms with van der Waals surface area (Å²) < 4.78 is 0. The van der Waals surface area contributed by atoms with Crippen LogP contribution in [0.15, 0.2) is 60.8 Å². The topological polar surface area (TPSA) is 94.9 Å². The number of amides is 2. The van der Waals surface area contributed by atoms with E-state index in [1.807, 2.05) is 13.0 Å². The number of hydrogen-bond acceptors (Lipinski definition) is 4. The van der Waals surface area contributed by atoms with Gasteiger partial charge in [0.2, 0.25) is 0 Å². The van der Waals surface area contributed by atoms with E-state index in [0.29, 0.717) is 22.0 Å². The molecule has 138 valence electrons. The first-order chi connectivity index (χ1) is 13.5. The summed E-state index contributed by atoms with van der Waals surface area (Å²) in [6.45, 7) is 1.87. The molecule has 0 spiro atoms. The van der Waals surface area contributed by atoms with Crippen molar-refractivity contribution in [2.24, 2.45) is 0 Å². The number of anilines is 2. The van der Waals surface area contributed by atoms with E-state index in [1.165, 1.54) is 18.3 Å².